The van der Waals surface area contributed by atoms with Crippen LogP contribution in [0.4, 0.5) is 0 Å². The minimum absolute atomic E-state index is 0.00397. The number of benzene rings is 1. The smallest absolute Gasteiger partial charge is 0.238 e. The van der Waals surface area contributed by atoms with Gasteiger partial charge in [0, 0.05) is 6.54 Å². The van der Waals surface area contributed by atoms with Crippen LogP contribution in [-0.2, 0) is 14.8 Å². The topological polar surface area (TPSA) is 66.5 Å². The third kappa shape index (κ3) is 3.33. The van der Waals surface area contributed by atoms with E-state index in [0.717, 1.165) is 24.8 Å². The van der Waals surface area contributed by atoms with Gasteiger partial charge in [-0.3, -0.25) is 4.79 Å². The van der Waals surface area contributed by atoms with Crippen LogP contribution >= 0.6 is 0 Å². The number of hydrogen-bond acceptors (Lipinski definition) is 3. The summed E-state index contributed by atoms with van der Waals surface area (Å²) in [5, 5.41) is 3.09. The number of carbonyl (C=O) groups excluding carboxylic acids is 1. The van der Waals surface area contributed by atoms with Gasteiger partial charge in [0.25, 0.3) is 0 Å². The monoisotopic (exact) mass is 322 g/mol. The molecule has 1 aliphatic carbocycles. The number of sulfonamides is 1. The van der Waals surface area contributed by atoms with Gasteiger partial charge in [-0.15, -0.1) is 0 Å². The Hall–Kier alpha value is -1.40. The molecule has 1 heterocycles. The van der Waals surface area contributed by atoms with Gasteiger partial charge < -0.3 is 5.32 Å². The van der Waals surface area contributed by atoms with Gasteiger partial charge in [0.2, 0.25) is 15.9 Å². The lowest BCUT2D eigenvalue weighted by Crippen LogP contribution is -2.46. The molecule has 22 heavy (non-hydrogen) atoms. The minimum Gasteiger partial charge on any atom is -0.348 e. The van der Waals surface area contributed by atoms with E-state index in [1.807, 2.05) is 30.3 Å². The molecular weight excluding hydrogens is 300 g/mol. The van der Waals surface area contributed by atoms with Gasteiger partial charge in [-0.25, -0.2) is 8.42 Å². The number of amides is 1. The van der Waals surface area contributed by atoms with E-state index in [2.05, 4.69) is 5.32 Å². The van der Waals surface area contributed by atoms with Crippen LogP contribution in [0.3, 0.4) is 0 Å². The molecule has 0 spiro atoms. The first-order chi connectivity index (χ1) is 10.5. The average Bonchev–Trinajstić information content (AvgIpc) is 3.18. The van der Waals surface area contributed by atoms with E-state index in [9.17, 15) is 13.2 Å². The van der Waals surface area contributed by atoms with Crippen molar-refractivity contribution >= 4 is 15.9 Å². The molecule has 120 valence electrons. The summed E-state index contributed by atoms with van der Waals surface area (Å²) in [4.78, 5) is 12.6. The molecule has 2 fully saturated rings. The first-order valence-electron chi connectivity index (χ1n) is 7.79. The predicted molar refractivity (Wildman–Crippen MR) is 84.6 cm³/mol. The van der Waals surface area contributed by atoms with E-state index in [4.69, 9.17) is 0 Å². The van der Waals surface area contributed by atoms with Crippen molar-refractivity contribution in [1.82, 2.24) is 9.62 Å². The summed E-state index contributed by atoms with van der Waals surface area (Å²) in [5.41, 5.74) is 1.10. The number of nitrogens with one attached hydrogen (secondary N) is 1. The van der Waals surface area contributed by atoms with Crippen LogP contribution in [0.2, 0.25) is 0 Å². The SMILES string of the molecule is CS(=O)(=O)N1CCC[C@H]1C(=O)N[C@H](c1ccccc1)C1CC1. The normalized spacial score (nSPS) is 24.1. The highest BCUT2D eigenvalue weighted by Crippen LogP contribution is 2.41. The van der Waals surface area contributed by atoms with Crippen molar-refractivity contribution in [2.45, 2.75) is 37.8 Å². The highest BCUT2D eigenvalue weighted by molar-refractivity contribution is 7.88. The Morgan fingerprint density at radius 1 is 1.23 bits per heavy atom. The Morgan fingerprint density at radius 2 is 1.91 bits per heavy atom. The summed E-state index contributed by atoms with van der Waals surface area (Å²) < 4.78 is 24.9. The molecule has 5 nitrogen and oxygen atoms in total. The van der Waals surface area contributed by atoms with Crippen LogP contribution in [-0.4, -0.2) is 37.5 Å². The van der Waals surface area contributed by atoms with Gasteiger partial charge in [-0.2, -0.15) is 4.31 Å². The zero-order valence-electron chi connectivity index (χ0n) is 12.7. The lowest BCUT2D eigenvalue weighted by atomic mass is 10.0. The van der Waals surface area contributed by atoms with Gasteiger partial charge in [-0.05, 0) is 37.2 Å². The highest BCUT2D eigenvalue weighted by atomic mass is 32.2. The van der Waals surface area contributed by atoms with Crippen molar-refractivity contribution in [2.24, 2.45) is 5.92 Å². The van der Waals surface area contributed by atoms with Crippen molar-refractivity contribution in [3.8, 4) is 0 Å². The fourth-order valence-corrected chi connectivity index (χ4v) is 4.34. The van der Waals surface area contributed by atoms with Crippen LogP contribution < -0.4 is 5.32 Å². The molecule has 0 aromatic heterocycles. The first-order valence-corrected chi connectivity index (χ1v) is 9.64. The minimum atomic E-state index is -3.33. The largest absolute Gasteiger partial charge is 0.348 e. The summed E-state index contributed by atoms with van der Waals surface area (Å²) in [6.45, 7) is 0.441. The molecule has 1 aromatic rings. The van der Waals surface area contributed by atoms with Crippen LogP contribution in [0.25, 0.3) is 0 Å². The maximum atomic E-state index is 12.6. The van der Waals surface area contributed by atoms with Gasteiger partial charge in [0.15, 0.2) is 0 Å². The lowest BCUT2D eigenvalue weighted by Gasteiger charge is -2.25. The molecule has 3 rings (SSSR count). The maximum absolute atomic E-state index is 12.6. The maximum Gasteiger partial charge on any atom is 0.238 e. The predicted octanol–water partition coefficient (Wildman–Crippen LogP) is 1.68. The fourth-order valence-electron chi connectivity index (χ4n) is 3.21. The van der Waals surface area contributed by atoms with Crippen molar-refractivity contribution in [3.63, 3.8) is 0 Å². The molecule has 2 aliphatic rings. The molecule has 1 saturated heterocycles. The molecule has 1 saturated carbocycles. The molecule has 1 N–H and O–H groups in total. The Kier molecular flexibility index (Phi) is 4.23. The molecule has 0 unspecified atom stereocenters. The fraction of sp³-hybridized carbons (Fsp3) is 0.562. The molecule has 6 heteroatoms. The molecule has 2 atom stereocenters. The third-order valence-corrected chi connectivity index (χ3v) is 5.77. The number of hydrogen-bond donors (Lipinski definition) is 1. The summed E-state index contributed by atoms with van der Waals surface area (Å²) in [7, 11) is -3.33. The number of nitrogens with zero attached hydrogens (tertiary/aromatic N) is 1. The summed E-state index contributed by atoms with van der Waals surface area (Å²) in [6, 6.07) is 9.37. The standard InChI is InChI=1S/C16H22N2O3S/c1-22(20,21)18-11-5-8-14(18)16(19)17-15(13-9-10-13)12-6-3-2-4-7-12/h2-4,6-7,13-15H,5,8-11H2,1H3,(H,17,19)/t14-,15+/m0/s1. The highest BCUT2D eigenvalue weighted by Gasteiger charge is 2.39. The average molecular weight is 322 g/mol. The van der Waals surface area contributed by atoms with Crippen LogP contribution in [0.15, 0.2) is 30.3 Å². The van der Waals surface area contributed by atoms with Gasteiger partial charge in [-0.1, -0.05) is 30.3 Å². The summed E-state index contributed by atoms with van der Waals surface area (Å²) >= 11 is 0. The Bertz CT molecular complexity index is 641. The van der Waals surface area contributed by atoms with Gasteiger partial charge in [0.05, 0.1) is 12.3 Å². The quantitative estimate of drug-likeness (QED) is 0.897. The van der Waals surface area contributed by atoms with Gasteiger partial charge >= 0.3 is 0 Å². The van der Waals surface area contributed by atoms with Crippen LogP contribution in [0.1, 0.15) is 37.3 Å². The van der Waals surface area contributed by atoms with Crippen LogP contribution in [0, 0.1) is 5.92 Å². The second-order valence-electron chi connectivity index (χ2n) is 6.27. The third-order valence-electron chi connectivity index (χ3n) is 4.48. The van der Waals surface area contributed by atoms with E-state index in [1.54, 1.807) is 0 Å². The molecule has 1 aliphatic heterocycles. The van der Waals surface area contributed by atoms with E-state index in [-0.39, 0.29) is 11.9 Å². The first kappa shape index (κ1) is 15.5. The molecule has 1 amide bonds. The summed E-state index contributed by atoms with van der Waals surface area (Å²) in [5.74, 6) is 0.308. The number of carbonyl (C=O) groups is 1. The molecular formula is C16H22N2O3S. The number of rotatable bonds is 5. The van der Waals surface area contributed by atoms with Crippen molar-refractivity contribution in [3.05, 3.63) is 35.9 Å². The van der Waals surface area contributed by atoms with Gasteiger partial charge in [0.1, 0.15) is 6.04 Å². The summed E-state index contributed by atoms with van der Waals surface area (Å²) in [6.07, 6.45) is 4.74. The Morgan fingerprint density at radius 3 is 2.50 bits per heavy atom. The second-order valence-corrected chi connectivity index (χ2v) is 8.20. The van der Waals surface area contributed by atoms with Crippen LogP contribution in [0.5, 0.6) is 0 Å². The van der Waals surface area contributed by atoms with Crippen molar-refractivity contribution in [1.29, 1.82) is 0 Å². The van der Waals surface area contributed by atoms with E-state index in [0.29, 0.717) is 18.9 Å². The molecule has 0 bridgehead atoms. The Labute approximate surface area is 131 Å². The van der Waals surface area contributed by atoms with Crippen molar-refractivity contribution < 1.29 is 13.2 Å². The second kappa shape index (κ2) is 6.01. The van der Waals surface area contributed by atoms with E-state index in [1.165, 1.54) is 10.6 Å². The van der Waals surface area contributed by atoms with Crippen molar-refractivity contribution in [2.75, 3.05) is 12.8 Å². The molecule has 1 aromatic carbocycles. The molecule has 0 radical (unpaired) electrons. The zero-order chi connectivity index (χ0) is 15.7. The Balaban J connectivity index is 1.75. The lowest BCUT2D eigenvalue weighted by molar-refractivity contribution is -0.125. The van der Waals surface area contributed by atoms with E-state index < -0.39 is 16.1 Å². The van der Waals surface area contributed by atoms with E-state index >= 15 is 0 Å². The zero-order valence-corrected chi connectivity index (χ0v) is 13.6.